The predicted molar refractivity (Wildman–Crippen MR) is 307 cm³/mol. The van der Waals surface area contributed by atoms with Gasteiger partial charge in [-0.2, -0.15) is 13.2 Å². The van der Waals surface area contributed by atoms with E-state index in [4.69, 9.17) is 23.7 Å². The van der Waals surface area contributed by atoms with Crippen LogP contribution in [0.2, 0.25) is 0 Å². The van der Waals surface area contributed by atoms with Gasteiger partial charge in [-0.15, -0.1) is 16.4 Å². The van der Waals surface area contributed by atoms with Crippen LogP contribution in [0.15, 0.2) is 84.8 Å². The van der Waals surface area contributed by atoms with Crippen LogP contribution in [0.4, 0.5) is 24.5 Å². The number of halogens is 3. The van der Waals surface area contributed by atoms with Gasteiger partial charge in [0.25, 0.3) is 5.91 Å². The number of hydrogen-bond donors (Lipinski definition) is 4. The zero-order valence-corrected chi connectivity index (χ0v) is 48.8. The SMILES string of the molecule is Cc1ncc(NC(=O)c2cccc(C(F)(F)F)c2)cc1-c1cnc(OCCOCCOCCOCc2cn(CCCC(=O)N[C@@H](C(=O)N3C[C@H](O)C[C@H]3C(=O)N[C@@H](C)c3ccc(-c4scnc4C)cc3)C(C)(C)C)nn2)c(N2CCOCC2)c1. The first-order chi connectivity index (χ1) is 40.2. The molecule has 84 heavy (non-hydrogen) atoms. The summed E-state index contributed by atoms with van der Waals surface area (Å²) in [5.74, 6) is -1.46. The Kier molecular flexibility index (Phi) is 21.6. The number of anilines is 2. The Balaban J connectivity index is 0.712. The van der Waals surface area contributed by atoms with Crippen molar-refractivity contribution >= 4 is 46.3 Å². The molecule has 6 aromatic rings. The van der Waals surface area contributed by atoms with E-state index in [2.05, 4.69) is 46.1 Å². The Hall–Kier alpha value is -7.42. The summed E-state index contributed by atoms with van der Waals surface area (Å²) in [4.78, 5) is 72.2. The Morgan fingerprint density at radius 1 is 0.857 bits per heavy atom. The van der Waals surface area contributed by atoms with Gasteiger partial charge >= 0.3 is 6.18 Å². The summed E-state index contributed by atoms with van der Waals surface area (Å²) in [7, 11) is 0. The van der Waals surface area contributed by atoms with E-state index < -0.39 is 47.2 Å². The standard InChI is InChI=1S/C59H72F3N11O10S/c1-37(40-12-14-41(15-13-40)52-39(3)65-36-84-52)66-55(77)49-30-47(74)34-73(49)57(78)53(58(4,5)6)68-51(75)11-8-16-72-33-46(69-70-72)35-82-24-23-80-21-22-81-25-26-83-56-50(71-17-19-79-20-18-71)28-43(31-64-56)48-29-45(32-63-38(48)2)67-54(76)42-9-7-10-44(27-42)59(60,61)62/h7,9-10,12-15,27-29,31-33,36-37,47,49,53,74H,8,11,16-26,30,34-35H2,1-6H3,(H,66,77)(H,67,76)(H,68,75)/t37-,47+,49-,53-/m0/s1. The number of thiazole rings is 1. The maximum atomic E-state index is 14.2. The molecule has 2 aromatic carbocycles. The van der Waals surface area contributed by atoms with Crippen molar-refractivity contribution in [3.8, 4) is 27.4 Å². The van der Waals surface area contributed by atoms with E-state index >= 15 is 0 Å². The van der Waals surface area contributed by atoms with Crippen LogP contribution in [-0.4, -0.2) is 154 Å². The first kappa shape index (κ1) is 62.6. The second-order valence-electron chi connectivity index (χ2n) is 21.6. The van der Waals surface area contributed by atoms with Crippen LogP contribution in [-0.2, 0) is 52.7 Å². The minimum atomic E-state index is -4.59. The zero-order chi connectivity index (χ0) is 60.0. The number of β-amino-alcohol motifs (C(OH)–C–C–N with tert-alkyl or cyclic N) is 1. The number of ether oxygens (including phenoxy) is 5. The molecule has 2 aliphatic rings. The average Bonchev–Trinajstić information content (AvgIpc) is 4.41. The summed E-state index contributed by atoms with van der Waals surface area (Å²) >= 11 is 1.57. The molecule has 6 heterocycles. The molecule has 8 rings (SSSR count). The van der Waals surface area contributed by atoms with Gasteiger partial charge in [-0.1, -0.05) is 56.3 Å². The lowest BCUT2D eigenvalue weighted by Gasteiger charge is -2.35. The maximum Gasteiger partial charge on any atom is 0.416 e. The fourth-order valence-electron chi connectivity index (χ4n) is 9.64. The lowest BCUT2D eigenvalue weighted by Crippen LogP contribution is -2.57. The third-order valence-electron chi connectivity index (χ3n) is 14.2. The number of pyridine rings is 2. The van der Waals surface area contributed by atoms with E-state index in [1.165, 1.54) is 23.2 Å². The van der Waals surface area contributed by atoms with Gasteiger partial charge in [-0.25, -0.2) is 9.97 Å². The second-order valence-corrected chi connectivity index (χ2v) is 22.5. The molecule has 2 saturated heterocycles. The molecular weight excluding hydrogens is 1110 g/mol. The summed E-state index contributed by atoms with van der Waals surface area (Å²) in [6, 6.07) is 13.5. The molecule has 4 atom stereocenters. The fourth-order valence-corrected chi connectivity index (χ4v) is 10.5. The van der Waals surface area contributed by atoms with E-state index in [1.54, 1.807) is 41.4 Å². The van der Waals surface area contributed by atoms with Gasteiger partial charge in [-0.05, 0) is 74.1 Å². The predicted octanol–water partition coefficient (Wildman–Crippen LogP) is 7.36. The molecule has 4 aromatic heterocycles. The Morgan fingerprint density at radius 2 is 1.58 bits per heavy atom. The quantitative estimate of drug-likeness (QED) is 0.0388. The number of aliphatic hydroxyl groups excluding tert-OH is 1. The van der Waals surface area contributed by atoms with Crippen molar-refractivity contribution in [1.82, 2.24) is 45.5 Å². The molecule has 0 bridgehead atoms. The zero-order valence-electron chi connectivity index (χ0n) is 47.9. The van der Waals surface area contributed by atoms with Gasteiger partial charge in [0.1, 0.15) is 30.1 Å². The molecule has 0 unspecified atom stereocenters. The van der Waals surface area contributed by atoms with Crippen molar-refractivity contribution in [2.75, 3.05) is 82.7 Å². The smallest absolute Gasteiger partial charge is 0.416 e. The van der Waals surface area contributed by atoms with E-state index in [0.29, 0.717) is 99.8 Å². The molecule has 2 aliphatic heterocycles. The minimum Gasteiger partial charge on any atom is -0.474 e. The molecule has 4 N–H and O–H groups in total. The first-order valence-electron chi connectivity index (χ1n) is 27.8. The topological polar surface area (TPSA) is 247 Å². The Morgan fingerprint density at radius 3 is 2.29 bits per heavy atom. The third-order valence-corrected chi connectivity index (χ3v) is 15.2. The highest BCUT2D eigenvalue weighted by molar-refractivity contribution is 7.13. The van der Waals surface area contributed by atoms with Crippen LogP contribution in [0, 0.1) is 19.3 Å². The highest BCUT2D eigenvalue weighted by Crippen LogP contribution is 2.35. The van der Waals surface area contributed by atoms with E-state index in [-0.39, 0.29) is 62.6 Å². The first-order valence-corrected chi connectivity index (χ1v) is 28.7. The van der Waals surface area contributed by atoms with Crippen molar-refractivity contribution in [3.63, 3.8) is 0 Å². The molecule has 0 aliphatic carbocycles. The molecule has 0 radical (unpaired) electrons. The van der Waals surface area contributed by atoms with Gasteiger partial charge in [-0.3, -0.25) is 28.8 Å². The number of aromatic nitrogens is 6. The number of carbonyl (C=O) groups is 4. The van der Waals surface area contributed by atoms with Crippen LogP contribution < -0.4 is 25.6 Å². The number of morpholine rings is 1. The van der Waals surface area contributed by atoms with Crippen LogP contribution >= 0.6 is 11.3 Å². The van der Waals surface area contributed by atoms with E-state index in [0.717, 1.165) is 39.5 Å². The molecule has 4 amide bonds. The number of amides is 4. The van der Waals surface area contributed by atoms with Crippen molar-refractivity contribution < 1.29 is 61.1 Å². The molecule has 0 saturated carbocycles. The number of carbonyl (C=O) groups excluding carboxylic acids is 4. The number of nitrogens with zero attached hydrogens (tertiary/aromatic N) is 8. The lowest BCUT2D eigenvalue weighted by atomic mass is 9.85. The van der Waals surface area contributed by atoms with Crippen LogP contribution in [0.5, 0.6) is 5.88 Å². The molecule has 2 fully saturated rings. The summed E-state index contributed by atoms with van der Waals surface area (Å²) in [5, 5.41) is 27.6. The average molecular weight is 1180 g/mol. The molecule has 450 valence electrons. The van der Waals surface area contributed by atoms with Gasteiger partial charge in [0.2, 0.25) is 23.6 Å². The Labute approximate surface area is 489 Å². The van der Waals surface area contributed by atoms with Gasteiger partial charge in [0, 0.05) is 67.6 Å². The molecule has 0 spiro atoms. The van der Waals surface area contributed by atoms with Crippen molar-refractivity contribution in [2.24, 2.45) is 5.41 Å². The van der Waals surface area contributed by atoms with Crippen LogP contribution in [0.25, 0.3) is 21.6 Å². The van der Waals surface area contributed by atoms with Crippen molar-refractivity contribution in [3.05, 3.63) is 119 Å². The summed E-state index contributed by atoms with van der Waals surface area (Å²) in [6.45, 7) is 15.7. The number of aryl methyl sites for hydroxylation is 3. The fraction of sp³-hybridized carbons (Fsp3) is 0.475. The summed E-state index contributed by atoms with van der Waals surface area (Å²) < 4.78 is 70.4. The largest absolute Gasteiger partial charge is 0.474 e. The number of likely N-dealkylation sites (tertiary alicyclic amines) is 1. The van der Waals surface area contributed by atoms with Crippen LogP contribution in [0.1, 0.15) is 91.6 Å². The number of aliphatic hydroxyl groups is 1. The van der Waals surface area contributed by atoms with E-state index in [1.807, 2.05) is 70.5 Å². The monoisotopic (exact) mass is 1180 g/mol. The second kappa shape index (κ2) is 28.9. The normalized spacial score (nSPS) is 16.3. The van der Waals surface area contributed by atoms with Crippen molar-refractivity contribution in [2.45, 2.75) is 104 Å². The van der Waals surface area contributed by atoms with Gasteiger partial charge in [0.15, 0.2) is 0 Å². The highest BCUT2D eigenvalue weighted by Gasteiger charge is 2.45. The number of nitrogens with one attached hydrogen (secondary N) is 3. The Bertz CT molecular complexity index is 3190. The molecule has 25 heteroatoms. The number of benzene rings is 2. The third kappa shape index (κ3) is 17.1. The number of rotatable bonds is 26. The summed E-state index contributed by atoms with van der Waals surface area (Å²) in [6.07, 6.45) is -0.0553. The summed E-state index contributed by atoms with van der Waals surface area (Å²) in [5.41, 5.74) is 6.55. The lowest BCUT2D eigenvalue weighted by molar-refractivity contribution is -0.144. The number of hydrogen-bond acceptors (Lipinski definition) is 17. The highest BCUT2D eigenvalue weighted by atomic mass is 32.1. The molecular formula is C59H72F3N11O10S. The molecule has 21 nitrogen and oxygen atoms in total. The number of alkyl halides is 3. The van der Waals surface area contributed by atoms with Crippen LogP contribution in [0.3, 0.4) is 0 Å². The van der Waals surface area contributed by atoms with Gasteiger partial charge < -0.3 is 54.5 Å². The van der Waals surface area contributed by atoms with E-state index in [9.17, 15) is 37.5 Å². The minimum absolute atomic E-state index is 0.0269. The van der Waals surface area contributed by atoms with Crippen molar-refractivity contribution in [1.29, 1.82) is 0 Å². The van der Waals surface area contributed by atoms with Gasteiger partial charge in [0.05, 0.1) is 105 Å². The maximum absolute atomic E-state index is 14.2.